The third kappa shape index (κ3) is 4.46. The topological polar surface area (TPSA) is 90.9 Å². The maximum absolute atomic E-state index is 12.5. The van der Waals surface area contributed by atoms with Crippen molar-refractivity contribution in [1.29, 1.82) is 0 Å². The van der Waals surface area contributed by atoms with Crippen LogP contribution in [-0.2, 0) is 14.9 Å². The molecule has 0 radical (unpaired) electrons. The molecule has 3 rings (SSSR count). The number of carbonyl (C=O) groups is 1. The van der Waals surface area contributed by atoms with Crippen molar-refractivity contribution in [2.45, 2.75) is 4.90 Å². The van der Waals surface area contributed by atoms with Gasteiger partial charge in [0.1, 0.15) is 15.0 Å². The van der Waals surface area contributed by atoms with Crippen LogP contribution in [0.2, 0.25) is 0 Å². The second kappa shape index (κ2) is 8.21. The van der Waals surface area contributed by atoms with Gasteiger partial charge in [0, 0.05) is 0 Å². The average molecular weight is 438 g/mol. The minimum absolute atomic E-state index is 0.0194. The van der Waals surface area contributed by atoms with E-state index in [4.69, 9.17) is 25.9 Å². The minimum atomic E-state index is -4.06. The number of amides is 1. The highest BCUT2D eigenvalue weighted by atomic mass is 32.2. The van der Waals surface area contributed by atoms with Crippen molar-refractivity contribution in [1.82, 2.24) is 5.32 Å². The quantitative estimate of drug-likeness (QED) is 0.419. The molecule has 0 atom stereocenters. The van der Waals surface area contributed by atoms with E-state index in [1.54, 1.807) is 18.2 Å². The molecule has 0 unspecified atom stereocenters. The number of ether oxygens (including phenoxy) is 2. The summed E-state index contributed by atoms with van der Waals surface area (Å²) in [4.78, 5) is 12.2. The zero-order valence-corrected chi connectivity index (χ0v) is 17.2. The SMILES string of the molecule is COc1ccc(S(=O)(=O)Oc2ccc(/C=C3\SC(=S)NC3=O)cc2OC)cc1. The monoisotopic (exact) mass is 437 g/mol. The number of methoxy groups -OCH3 is 2. The molecule has 1 fully saturated rings. The highest BCUT2D eigenvalue weighted by molar-refractivity contribution is 8.26. The lowest BCUT2D eigenvalue weighted by Crippen LogP contribution is -2.17. The minimum Gasteiger partial charge on any atom is -0.497 e. The van der Waals surface area contributed by atoms with Gasteiger partial charge in [-0.1, -0.05) is 30.0 Å². The van der Waals surface area contributed by atoms with Crippen molar-refractivity contribution in [2.24, 2.45) is 0 Å². The smallest absolute Gasteiger partial charge is 0.339 e. The third-order valence-corrected chi connectivity index (χ3v) is 6.09. The summed E-state index contributed by atoms with van der Waals surface area (Å²) >= 11 is 6.10. The standard InChI is InChI=1S/C18H15NO6S3/c1-23-12-4-6-13(7-5-12)28(21,22)25-14-8-3-11(9-15(14)24-2)10-16-17(20)19-18(26)27-16/h3-10H,1-2H3,(H,19,20,26)/b16-10-. The number of rotatable bonds is 6. The van der Waals surface area contributed by atoms with Crippen LogP contribution in [-0.4, -0.2) is 32.9 Å². The zero-order valence-electron chi connectivity index (χ0n) is 14.8. The number of thioether (sulfide) groups is 1. The van der Waals surface area contributed by atoms with Gasteiger partial charge >= 0.3 is 10.1 Å². The van der Waals surface area contributed by atoms with E-state index in [2.05, 4.69) is 5.32 Å². The number of hydrogen-bond acceptors (Lipinski definition) is 8. The molecule has 1 N–H and O–H groups in total. The summed E-state index contributed by atoms with van der Waals surface area (Å²) in [6, 6.07) is 10.5. The first-order chi connectivity index (χ1) is 13.3. The Labute approximate surface area is 171 Å². The maximum Gasteiger partial charge on any atom is 0.339 e. The van der Waals surface area contributed by atoms with E-state index in [0.29, 0.717) is 20.5 Å². The van der Waals surface area contributed by atoms with E-state index in [9.17, 15) is 13.2 Å². The van der Waals surface area contributed by atoms with Gasteiger partial charge in [0.25, 0.3) is 5.91 Å². The van der Waals surface area contributed by atoms with Crippen LogP contribution in [0.4, 0.5) is 0 Å². The third-order valence-electron chi connectivity index (χ3n) is 3.68. The molecule has 0 spiro atoms. The molecule has 1 heterocycles. The first-order valence-electron chi connectivity index (χ1n) is 7.84. The summed E-state index contributed by atoms with van der Waals surface area (Å²) in [7, 11) is -1.18. The van der Waals surface area contributed by atoms with Gasteiger partial charge in [0.15, 0.2) is 11.5 Å². The first kappa shape index (κ1) is 20.2. The maximum atomic E-state index is 12.5. The van der Waals surface area contributed by atoms with Crippen LogP contribution in [0.3, 0.4) is 0 Å². The molecule has 1 aliphatic heterocycles. The van der Waals surface area contributed by atoms with Crippen LogP contribution in [0.15, 0.2) is 52.3 Å². The summed E-state index contributed by atoms with van der Waals surface area (Å²) in [5.74, 6) is 0.482. The summed E-state index contributed by atoms with van der Waals surface area (Å²) in [6.07, 6.45) is 1.63. The van der Waals surface area contributed by atoms with Crippen molar-refractivity contribution in [3.63, 3.8) is 0 Å². The number of benzene rings is 2. The largest absolute Gasteiger partial charge is 0.497 e. The van der Waals surface area contributed by atoms with Crippen molar-refractivity contribution >= 4 is 50.4 Å². The van der Waals surface area contributed by atoms with Gasteiger partial charge in [-0.25, -0.2) is 0 Å². The molecule has 28 heavy (non-hydrogen) atoms. The molecule has 7 nitrogen and oxygen atoms in total. The van der Waals surface area contributed by atoms with Crippen molar-refractivity contribution < 1.29 is 26.9 Å². The zero-order chi connectivity index (χ0) is 20.3. The van der Waals surface area contributed by atoms with E-state index in [1.807, 2.05) is 0 Å². The summed E-state index contributed by atoms with van der Waals surface area (Å²) in [5.41, 5.74) is 0.633. The van der Waals surface area contributed by atoms with E-state index in [1.165, 1.54) is 44.6 Å². The van der Waals surface area contributed by atoms with Gasteiger partial charge in [-0.15, -0.1) is 0 Å². The number of hydrogen-bond donors (Lipinski definition) is 1. The molecule has 1 amide bonds. The molecule has 2 aromatic carbocycles. The van der Waals surface area contributed by atoms with Crippen LogP contribution >= 0.6 is 24.0 Å². The summed E-state index contributed by atoms with van der Waals surface area (Å²) in [5, 5.41) is 2.53. The lowest BCUT2D eigenvalue weighted by Gasteiger charge is -2.12. The van der Waals surface area contributed by atoms with Gasteiger partial charge in [-0.05, 0) is 48.0 Å². The Morgan fingerprint density at radius 3 is 2.32 bits per heavy atom. The lowest BCUT2D eigenvalue weighted by molar-refractivity contribution is -0.115. The highest BCUT2D eigenvalue weighted by Gasteiger charge is 2.23. The molecule has 1 aliphatic rings. The summed E-state index contributed by atoms with van der Waals surface area (Å²) < 4.78 is 40.9. The Hall–Kier alpha value is -2.56. The number of nitrogens with one attached hydrogen (secondary N) is 1. The molecule has 2 aromatic rings. The van der Waals surface area contributed by atoms with Gasteiger partial charge in [-0.3, -0.25) is 4.79 Å². The Morgan fingerprint density at radius 1 is 1.04 bits per heavy atom. The van der Waals surface area contributed by atoms with Crippen LogP contribution in [0.1, 0.15) is 5.56 Å². The van der Waals surface area contributed by atoms with Crippen LogP contribution in [0, 0.1) is 0 Å². The van der Waals surface area contributed by atoms with Crippen LogP contribution in [0.25, 0.3) is 6.08 Å². The van der Waals surface area contributed by atoms with Crippen LogP contribution < -0.4 is 19.0 Å². The van der Waals surface area contributed by atoms with E-state index in [0.717, 1.165) is 11.8 Å². The predicted octanol–water partition coefficient (Wildman–Crippen LogP) is 2.96. The lowest BCUT2D eigenvalue weighted by atomic mass is 10.2. The van der Waals surface area contributed by atoms with Crippen molar-refractivity contribution in [2.75, 3.05) is 14.2 Å². The second-order valence-electron chi connectivity index (χ2n) is 5.48. The van der Waals surface area contributed by atoms with Crippen molar-refractivity contribution in [3.05, 3.63) is 52.9 Å². The first-order valence-corrected chi connectivity index (χ1v) is 10.5. The fraction of sp³-hybridized carbons (Fsp3) is 0.111. The van der Waals surface area contributed by atoms with Gasteiger partial charge < -0.3 is 19.0 Å². The average Bonchev–Trinajstić information content (AvgIpc) is 2.99. The van der Waals surface area contributed by atoms with Gasteiger partial charge in [0.05, 0.1) is 19.1 Å². The van der Waals surface area contributed by atoms with Gasteiger partial charge in [-0.2, -0.15) is 8.42 Å². The number of thiocarbonyl (C=S) groups is 1. The predicted molar refractivity (Wildman–Crippen MR) is 110 cm³/mol. The van der Waals surface area contributed by atoms with E-state index in [-0.39, 0.29) is 22.3 Å². The molecule has 10 heteroatoms. The second-order valence-corrected chi connectivity index (χ2v) is 8.74. The fourth-order valence-electron chi connectivity index (χ4n) is 2.32. The van der Waals surface area contributed by atoms with Crippen molar-refractivity contribution in [3.8, 4) is 17.2 Å². The molecule has 146 valence electrons. The van der Waals surface area contributed by atoms with Gasteiger partial charge in [0.2, 0.25) is 0 Å². The number of carbonyl (C=O) groups excluding carboxylic acids is 1. The molecule has 0 bridgehead atoms. The molecule has 0 aliphatic carbocycles. The van der Waals surface area contributed by atoms with E-state index >= 15 is 0 Å². The normalized spacial score (nSPS) is 15.4. The highest BCUT2D eigenvalue weighted by Crippen LogP contribution is 2.33. The molecular weight excluding hydrogens is 422 g/mol. The summed E-state index contributed by atoms with van der Waals surface area (Å²) in [6.45, 7) is 0. The molecule has 0 aromatic heterocycles. The Kier molecular flexibility index (Phi) is 5.92. The van der Waals surface area contributed by atoms with E-state index < -0.39 is 10.1 Å². The van der Waals surface area contributed by atoms with Crippen LogP contribution in [0.5, 0.6) is 17.2 Å². The molecule has 1 saturated heterocycles. The Balaban J connectivity index is 1.87. The molecular formula is C18H15NO6S3. The molecule has 0 saturated carbocycles. The fourth-order valence-corrected chi connectivity index (χ4v) is 4.31. The Morgan fingerprint density at radius 2 is 1.75 bits per heavy atom. The Bertz CT molecular complexity index is 1060.